The van der Waals surface area contributed by atoms with Gasteiger partial charge >= 0.3 is 0 Å². The zero-order chi connectivity index (χ0) is 10.3. The molecule has 78 valence electrons. The van der Waals surface area contributed by atoms with Gasteiger partial charge in [-0.1, -0.05) is 39.7 Å². The van der Waals surface area contributed by atoms with Crippen molar-refractivity contribution < 1.29 is 8.42 Å². The molecule has 0 aromatic carbocycles. The monoisotopic (exact) mass is 204 g/mol. The first-order valence-electron chi connectivity index (χ1n) is 4.94. The number of unbranched alkanes of at least 4 members (excludes halogenated alkanes) is 1. The van der Waals surface area contributed by atoms with Gasteiger partial charge in [-0.15, -0.1) is 0 Å². The smallest absolute Gasteiger partial charge is 0.173 e. The van der Waals surface area contributed by atoms with Gasteiger partial charge in [0.1, 0.15) is 0 Å². The molecular formula is C10H20O2S. The van der Waals surface area contributed by atoms with Crippen LogP contribution in [-0.2, 0) is 9.84 Å². The lowest BCUT2D eigenvalue weighted by Crippen LogP contribution is -2.18. The summed E-state index contributed by atoms with van der Waals surface area (Å²) in [5, 5.41) is 0.901. The lowest BCUT2D eigenvalue weighted by Gasteiger charge is -2.13. The van der Waals surface area contributed by atoms with Crippen LogP contribution >= 0.6 is 0 Å². The summed E-state index contributed by atoms with van der Waals surface area (Å²) < 4.78 is 23.0. The summed E-state index contributed by atoms with van der Waals surface area (Å²) in [5.41, 5.74) is 0. The average molecular weight is 204 g/mol. The molecule has 13 heavy (non-hydrogen) atoms. The molecule has 0 saturated carbocycles. The van der Waals surface area contributed by atoms with Crippen LogP contribution in [-0.4, -0.2) is 13.7 Å². The predicted molar refractivity (Wildman–Crippen MR) is 57.3 cm³/mol. The first-order valence-corrected chi connectivity index (χ1v) is 6.55. The quantitative estimate of drug-likeness (QED) is 0.639. The maximum atomic E-state index is 11.5. The normalized spacial score (nSPS) is 14.0. The number of hydrogen-bond acceptors (Lipinski definition) is 2. The Kier molecular flexibility index (Phi) is 6.04. The van der Waals surface area contributed by atoms with Crippen LogP contribution in [0, 0.1) is 0 Å². The van der Waals surface area contributed by atoms with Crippen molar-refractivity contribution in [1.29, 1.82) is 0 Å². The zero-order valence-corrected chi connectivity index (χ0v) is 9.44. The molecule has 0 bridgehead atoms. The fourth-order valence-corrected chi connectivity index (χ4v) is 2.69. The van der Waals surface area contributed by atoms with Gasteiger partial charge in [0.25, 0.3) is 0 Å². The standard InChI is InChI=1S/C10H20O2S/c1-4-7-9-10(8-5-2)13(11,12)6-3/h6,10H,3-5,7-9H2,1-2H3. The van der Waals surface area contributed by atoms with E-state index >= 15 is 0 Å². The van der Waals surface area contributed by atoms with Crippen molar-refractivity contribution >= 4 is 9.84 Å². The topological polar surface area (TPSA) is 34.1 Å². The molecule has 1 atom stereocenters. The number of sulfone groups is 1. The van der Waals surface area contributed by atoms with Crippen molar-refractivity contribution in [3.63, 3.8) is 0 Å². The molecule has 0 aliphatic carbocycles. The average Bonchev–Trinajstić information content (AvgIpc) is 2.12. The molecule has 0 fully saturated rings. The van der Waals surface area contributed by atoms with Crippen molar-refractivity contribution in [3.8, 4) is 0 Å². The van der Waals surface area contributed by atoms with E-state index in [1.807, 2.05) is 6.92 Å². The van der Waals surface area contributed by atoms with E-state index in [2.05, 4.69) is 13.5 Å². The van der Waals surface area contributed by atoms with Crippen LogP contribution in [0.3, 0.4) is 0 Å². The Bertz CT molecular complexity index is 229. The van der Waals surface area contributed by atoms with Crippen LogP contribution in [0.1, 0.15) is 46.0 Å². The minimum absolute atomic E-state index is 0.199. The van der Waals surface area contributed by atoms with Gasteiger partial charge in [0.2, 0.25) is 0 Å². The van der Waals surface area contributed by atoms with Gasteiger partial charge in [-0.2, -0.15) is 0 Å². The molecule has 0 aliphatic rings. The van der Waals surface area contributed by atoms with Crippen molar-refractivity contribution in [2.45, 2.75) is 51.2 Å². The predicted octanol–water partition coefficient (Wildman–Crippen LogP) is 2.90. The first kappa shape index (κ1) is 12.7. The Balaban J connectivity index is 4.32. The molecule has 0 rings (SSSR count). The molecule has 0 saturated heterocycles. The Hall–Kier alpha value is -0.310. The third-order valence-electron chi connectivity index (χ3n) is 2.19. The summed E-state index contributed by atoms with van der Waals surface area (Å²) in [6.45, 7) is 7.44. The van der Waals surface area contributed by atoms with E-state index in [4.69, 9.17) is 0 Å². The molecule has 2 nitrogen and oxygen atoms in total. The highest BCUT2D eigenvalue weighted by Gasteiger charge is 2.20. The van der Waals surface area contributed by atoms with Crippen LogP contribution < -0.4 is 0 Å². The number of hydrogen-bond donors (Lipinski definition) is 0. The minimum Gasteiger partial charge on any atom is -0.224 e. The molecule has 1 unspecified atom stereocenters. The molecule has 0 amide bonds. The maximum Gasteiger partial charge on any atom is 0.173 e. The van der Waals surface area contributed by atoms with E-state index in [-0.39, 0.29) is 5.25 Å². The summed E-state index contributed by atoms with van der Waals surface area (Å²) in [5.74, 6) is 0. The van der Waals surface area contributed by atoms with Crippen LogP contribution in [0.4, 0.5) is 0 Å². The largest absolute Gasteiger partial charge is 0.224 e. The molecule has 0 N–H and O–H groups in total. The van der Waals surface area contributed by atoms with Crippen molar-refractivity contribution in [2.24, 2.45) is 0 Å². The molecule has 3 heteroatoms. The van der Waals surface area contributed by atoms with Gasteiger partial charge < -0.3 is 0 Å². The fourth-order valence-electron chi connectivity index (χ4n) is 1.36. The second-order valence-electron chi connectivity index (χ2n) is 3.31. The molecule has 0 aromatic heterocycles. The van der Waals surface area contributed by atoms with E-state index in [0.29, 0.717) is 0 Å². The lowest BCUT2D eigenvalue weighted by molar-refractivity contribution is 0.556. The van der Waals surface area contributed by atoms with Gasteiger partial charge in [0, 0.05) is 5.41 Å². The van der Waals surface area contributed by atoms with Gasteiger partial charge in [-0.05, 0) is 12.8 Å². The van der Waals surface area contributed by atoms with E-state index in [9.17, 15) is 8.42 Å². The van der Waals surface area contributed by atoms with Crippen molar-refractivity contribution in [1.82, 2.24) is 0 Å². The third kappa shape index (κ3) is 4.46. The van der Waals surface area contributed by atoms with Crippen molar-refractivity contribution in [3.05, 3.63) is 12.0 Å². The second kappa shape index (κ2) is 6.19. The zero-order valence-electron chi connectivity index (χ0n) is 8.62. The SMILES string of the molecule is C=CS(=O)(=O)C(CCC)CCCC. The summed E-state index contributed by atoms with van der Waals surface area (Å²) in [6.07, 6.45) is 4.49. The Labute approximate surface area is 82.0 Å². The minimum atomic E-state index is -3.03. The fraction of sp³-hybridized carbons (Fsp3) is 0.800. The summed E-state index contributed by atoms with van der Waals surface area (Å²) in [7, 11) is -3.03. The Morgan fingerprint density at radius 1 is 1.23 bits per heavy atom. The van der Waals surface area contributed by atoms with Crippen LogP contribution in [0.2, 0.25) is 0 Å². The maximum absolute atomic E-state index is 11.5. The number of rotatable bonds is 7. The van der Waals surface area contributed by atoms with Gasteiger partial charge in [0.05, 0.1) is 5.25 Å². The van der Waals surface area contributed by atoms with Gasteiger partial charge in [-0.3, -0.25) is 0 Å². The summed E-state index contributed by atoms with van der Waals surface area (Å²) in [6, 6.07) is 0. The first-order chi connectivity index (χ1) is 6.08. The summed E-state index contributed by atoms with van der Waals surface area (Å²) in [4.78, 5) is 0. The van der Waals surface area contributed by atoms with Gasteiger partial charge in [0.15, 0.2) is 9.84 Å². The lowest BCUT2D eigenvalue weighted by atomic mass is 10.1. The Morgan fingerprint density at radius 3 is 2.23 bits per heavy atom. The highest BCUT2D eigenvalue weighted by atomic mass is 32.2. The van der Waals surface area contributed by atoms with E-state index in [0.717, 1.165) is 37.5 Å². The molecule has 0 spiro atoms. The third-order valence-corrected chi connectivity index (χ3v) is 4.05. The van der Waals surface area contributed by atoms with E-state index in [1.54, 1.807) is 0 Å². The second-order valence-corrected chi connectivity index (χ2v) is 5.49. The molecular weight excluding hydrogens is 184 g/mol. The van der Waals surface area contributed by atoms with Crippen molar-refractivity contribution in [2.75, 3.05) is 0 Å². The van der Waals surface area contributed by atoms with Crippen LogP contribution in [0.5, 0.6) is 0 Å². The molecule has 0 aliphatic heterocycles. The summed E-state index contributed by atoms with van der Waals surface area (Å²) >= 11 is 0. The van der Waals surface area contributed by atoms with Crippen LogP contribution in [0.25, 0.3) is 0 Å². The molecule has 0 aromatic rings. The highest BCUT2D eigenvalue weighted by molar-refractivity contribution is 7.94. The highest BCUT2D eigenvalue weighted by Crippen LogP contribution is 2.16. The van der Waals surface area contributed by atoms with Crippen LogP contribution in [0.15, 0.2) is 12.0 Å². The van der Waals surface area contributed by atoms with Gasteiger partial charge in [-0.25, -0.2) is 8.42 Å². The molecule has 0 radical (unpaired) electrons. The van der Waals surface area contributed by atoms with E-state index in [1.165, 1.54) is 0 Å². The molecule has 0 heterocycles. The van der Waals surface area contributed by atoms with E-state index < -0.39 is 9.84 Å². The Morgan fingerprint density at radius 2 is 1.85 bits per heavy atom.